The predicted molar refractivity (Wildman–Crippen MR) is 246 cm³/mol. The Balaban J connectivity index is 1.16. The molecule has 8 aromatic carbocycles. The van der Waals surface area contributed by atoms with E-state index in [0.29, 0.717) is 5.92 Å². The van der Waals surface area contributed by atoms with Crippen molar-refractivity contribution in [2.24, 2.45) is 0 Å². The van der Waals surface area contributed by atoms with Crippen molar-refractivity contribution >= 4 is 74.3 Å². The summed E-state index contributed by atoms with van der Waals surface area (Å²) >= 11 is 0. The summed E-state index contributed by atoms with van der Waals surface area (Å²) < 4.78 is 6.48. The van der Waals surface area contributed by atoms with Gasteiger partial charge < -0.3 is 19.4 Å². The molecule has 0 bridgehead atoms. The van der Waals surface area contributed by atoms with E-state index in [1.807, 2.05) is 0 Å². The lowest BCUT2D eigenvalue weighted by Crippen LogP contribution is -2.61. The Hall–Kier alpha value is -6.98. The van der Waals surface area contributed by atoms with E-state index in [9.17, 15) is 0 Å². The van der Waals surface area contributed by atoms with Crippen molar-refractivity contribution in [3.63, 3.8) is 0 Å². The molecular formula is C54H42BN3O. The number of hydrogen-bond donors (Lipinski definition) is 0. The van der Waals surface area contributed by atoms with Crippen molar-refractivity contribution in [2.75, 3.05) is 14.7 Å². The maximum atomic E-state index is 6.48. The van der Waals surface area contributed by atoms with Crippen LogP contribution in [-0.2, 0) is 0 Å². The van der Waals surface area contributed by atoms with Crippen molar-refractivity contribution in [3.8, 4) is 22.6 Å². The van der Waals surface area contributed by atoms with Crippen LogP contribution in [-0.4, -0.2) is 6.71 Å². The van der Waals surface area contributed by atoms with E-state index in [-0.39, 0.29) is 6.71 Å². The fraction of sp³-hybridized carbons (Fsp3) is 0.111. The fourth-order valence-corrected chi connectivity index (χ4v) is 10.3. The highest BCUT2D eigenvalue weighted by Gasteiger charge is 2.44. The van der Waals surface area contributed by atoms with Crippen molar-refractivity contribution in [1.82, 2.24) is 0 Å². The highest BCUT2D eigenvalue weighted by atomic mass is 16.5. The molecule has 1 saturated carbocycles. The minimum atomic E-state index is 0.00676. The van der Waals surface area contributed by atoms with Crippen LogP contribution in [0.5, 0.6) is 11.5 Å². The summed E-state index contributed by atoms with van der Waals surface area (Å²) in [4.78, 5) is 7.49. The zero-order valence-corrected chi connectivity index (χ0v) is 32.8. The van der Waals surface area contributed by atoms with Crippen LogP contribution in [0.3, 0.4) is 0 Å². The van der Waals surface area contributed by atoms with Crippen molar-refractivity contribution < 1.29 is 4.74 Å². The number of rotatable bonds is 5. The molecule has 4 aliphatic rings. The van der Waals surface area contributed by atoms with Crippen LogP contribution in [0.1, 0.15) is 43.6 Å². The van der Waals surface area contributed by atoms with Gasteiger partial charge in [0, 0.05) is 39.8 Å². The van der Waals surface area contributed by atoms with Gasteiger partial charge in [0.1, 0.15) is 0 Å². The van der Waals surface area contributed by atoms with Gasteiger partial charge in [0.25, 0.3) is 6.71 Å². The third-order valence-electron chi connectivity index (χ3n) is 13.0. The largest absolute Gasteiger partial charge is 0.453 e. The van der Waals surface area contributed by atoms with Crippen LogP contribution >= 0.6 is 0 Å². The molecule has 0 spiro atoms. The van der Waals surface area contributed by atoms with Gasteiger partial charge in [0.15, 0.2) is 11.5 Å². The number of benzene rings is 8. The van der Waals surface area contributed by atoms with E-state index in [0.717, 1.165) is 34.2 Å². The van der Waals surface area contributed by atoms with Gasteiger partial charge in [-0.3, -0.25) is 0 Å². The molecule has 0 unspecified atom stereocenters. The predicted octanol–water partition coefficient (Wildman–Crippen LogP) is 13.1. The average molecular weight is 760 g/mol. The van der Waals surface area contributed by atoms with Gasteiger partial charge in [0.2, 0.25) is 0 Å². The second kappa shape index (κ2) is 13.8. The van der Waals surface area contributed by atoms with Crippen molar-refractivity contribution in [3.05, 3.63) is 194 Å². The molecule has 0 saturated heterocycles. The SMILES string of the molecule is c1ccc(-c2ccc3c(c2)B2c4ccc(N5c6ccccc6Oc6ccccc65)cc4N(c4ccccc4)c4cc(C5CCCCC5)cc(c42)N3c2ccccc2)cc1. The third kappa shape index (κ3) is 5.52. The first-order valence-corrected chi connectivity index (χ1v) is 21.2. The Kier molecular flexibility index (Phi) is 8.00. The summed E-state index contributed by atoms with van der Waals surface area (Å²) in [6, 6.07) is 69.1. The van der Waals surface area contributed by atoms with Crippen LogP contribution in [0.4, 0.5) is 51.2 Å². The molecule has 0 N–H and O–H groups in total. The summed E-state index contributed by atoms with van der Waals surface area (Å²) in [6.45, 7) is 0.00676. The molecule has 0 aromatic heterocycles. The second-order valence-electron chi connectivity index (χ2n) is 16.3. The number of para-hydroxylation sites is 6. The molecule has 4 nitrogen and oxygen atoms in total. The first-order valence-electron chi connectivity index (χ1n) is 21.2. The van der Waals surface area contributed by atoms with Crippen molar-refractivity contribution in [1.29, 1.82) is 0 Å². The van der Waals surface area contributed by atoms with Crippen LogP contribution in [0.25, 0.3) is 11.1 Å². The molecule has 8 aromatic rings. The van der Waals surface area contributed by atoms with Crippen molar-refractivity contribution in [2.45, 2.75) is 38.0 Å². The summed E-state index contributed by atoms with van der Waals surface area (Å²) in [5, 5.41) is 0. The van der Waals surface area contributed by atoms with E-state index >= 15 is 0 Å². The Morgan fingerprint density at radius 1 is 0.390 bits per heavy atom. The summed E-state index contributed by atoms with van der Waals surface area (Å²) in [6.07, 6.45) is 6.34. The number of ether oxygens (including phenoxy) is 1. The zero-order chi connectivity index (χ0) is 38.9. The monoisotopic (exact) mass is 759 g/mol. The van der Waals surface area contributed by atoms with Gasteiger partial charge >= 0.3 is 0 Å². The first kappa shape index (κ1) is 34.1. The van der Waals surface area contributed by atoms with Crippen LogP contribution in [0.15, 0.2) is 188 Å². The Labute approximate surface area is 346 Å². The lowest BCUT2D eigenvalue weighted by Gasteiger charge is -2.45. The number of fused-ring (bicyclic) bond motifs is 6. The Bertz CT molecular complexity index is 2830. The standard InChI is InChI=1S/C54H42BN3O/c1-5-17-37(18-6-1)39-29-32-46-45(33-39)55-44-31-30-43(58-47-25-13-15-27-52(47)59-53-28-16-14-26-48(53)58)36-49(44)57(42-23-11-4-12-24-42)51-35-40(38-19-7-2-8-20-38)34-50(54(51)55)56(46)41-21-9-3-10-22-41/h1,3-6,9-18,21-36,38H,2,7-8,19-20H2. The summed E-state index contributed by atoms with van der Waals surface area (Å²) in [7, 11) is 0. The molecular weight excluding hydrogens is 717 g/mol. The van der Waals surface area contributed by atoms with Crippen LogP contribution in [0, 0.1) is 0 Å². The molecule has 59 heavy (non-hydrogen) atoms. The third-order valence-corrected chi connectivity index (χ3v) is 13.0. The molecule has 3 heterocycles. The molecule has 3 aliphatic heterocycles. The molecule has 1 aliphatic carbocycles. The molecule has 12 rings (SSSR count). The maximum absolute atomic E-state index is 6.48. The molecule has 282 valence electrons. The molecule has 0 radical (unpaired) electrons. The highest BCUT2D eigenvalue weighted by Crippen LogP contribution is 2.52. The van der Waals surface area contributed by atoms with E-state index in [1.54, 1.807) is 0 Å². The van der Waals surface area contributed by atoms with E-state index in [1.165, 1.54) is 93.6 Å². The van der Waals surface area contributed by atoms with E-state index < -0.39 is 0 Å². The normalized spacial score (nSPS) is 15.1. The van der Waals surface area contributed by atoms with Gasteiger partial charge in [0.05, 0.1) is 11.4 Å². The minimum Gasteiger partial charge on any atom is -0.453 e. The first-order chi connectivity index (χ1) is 29.3. The zero-order valence-electron chi connectivity index (χ0n) is 32.8. The van der Waals surface area contributed by atoms with Gasteiger partial charge in [-0.25, -0.2) is 0 Å². The number of anilines is 9. The van der Waals surface area contributed by atoms with Gasteiger partial charge in [-0.05, 0) is 131 Å². The minimum absolute atomic E-state index is 0.00676. The lowest BCUT2D eigenvalue weighted by atomic mass is 9.33. The summed E-state index contributed by atoms with van der Waals surface area (Å²) in [5.41, 5.74) is 18.4. The smallest absolute Gasteiger partial charge is 0.252 e. The average Bonchev–Trinajstić information content (AvgIpc) is 3.31. The second-order valence-corrected chi connectivity index (χ2v) is 16.3. The van der Waals surface area contributed by atoms with Crippen LogP contribution < -0.4 is 35.8 Å². The molecule has 0 amide bonds. The fourth-order valence-electron chi connectivity index (χ4n) is 10.3. The maximum Gasteiger partial charge on any atom is 0.252 e. The lowest BCUT2D eigenvalue weighted by molar-refractivity contribution is 0.444. The topological polar surface area (TPSA) is 19.0 Å². The Morgan fingerprint density at radius 3 is 1.59 bits per heavy atom. The Morgan fingerprint density at radius 2 is 0.949 bits per heavy atom. The van der Waals surface area contributed by atoms with E-state index in [4.69, 9.17) is 4.74 Å². The van der Waals surface area contributed by atoms with Gasteiger partial charge in [-0.2, -0.15) is 0 Å². The van der Waals surface area contributed by atoms with Crippen LogP contribution in [0.2, 0.25) is 0 Å². The van der Waals surface area contributed by atoms with E-state index in [2.05, 4.69) is 203 Å². The molecule has 1 fully saturated rings. The number of hydrogen-bond acceptors (Lipinski definition) is 4. The quantitative estimate of drug-likeness (QED) is 0.163. The van der Waals surface area contributed by atoms with Gasteiger partial charge in [-0.1, -0.05) is 128 Å². The number of nitrogens with zero attached hydrogens (tertiary/aromatic N) is 3. The summed E-state index contributed by atoms with van der Waals surface area (Å²) in [5.74, 6) is 2.23. The van der Waals surface area contributed by atoms with Gasteiger partial charge in [-0.15, -0.1) is 0 Å². The molecule has 0 atom stereocenters. The highest BCUT2D eigenvalue weighted by molar-refractivity contribution is 7.00. The molecule has 5 heteroatoms.